The summed E-state index contributed by atoms with van der Waals surface area (Å²) in [5.74, 6) is 0.706. The van der Waals surface area contributed by atoms with Gasteiger partial charge in [-0.05, 0) is 13.8 Å². The minimum Gasteiger partial charge on any atom is -0.352 e. The maximum Gasteiger partial charge on any atom is 0.151 e. The molecule has 0 aliphatic heterocycles. The Bertz CT molecular complexity index is 313. The van der Waals surface area contributed by atoms with Crippen LogP contribution in [-0.4, -0.2) is 29.1 Å². The zero-order valence-corrected chi connectivity index (χ0v) is 9.41. The van der Waals surface area contributed by atoms with Gasteiger partial charge in [-0.15, -0.1) is 0 Å². The minimum absolute atomic E-state index is 0.169. The van der Waals surface area contributed by atoms with Gasteiger partial charge in [-0.2, -0.15) is 0 Å². The Labute approximate surface area is 89.1 Å². The summed E-state index contributed by atoms with van der Waals surface area (Å²) in [5, 5.41) is 0.538. The van der Waals surface area contributed by atoms with Crippen LogP contribution in [0, 0.1) is 0 Å². The molecule has 2 N–H and O–H groups in total. The van der Waals surface area contributed by atoms with Crippen molar-refractivity contribution in [3.05, 3.63) is 17.5 Å². The van der Waals surface area contributed by atoms with Crippen LogP contribution in [0.3, 0.4) is 0 Å². The summed E-state index contributed by atoms with van der Waals surface area (Å²) in [7, 11) is 1.92. The Morgan fingerprint density at radius 2 is 2.21 bits per heavy atom. The SMILES string of the molecule is CN(c1ncncc1Cl)C(C)(C)CN. The number of rotatable bonds is 3. The molecule has 0 fully saturated rings. The van der Waals surface area contributed by atoms with Gasteiger partial charge >= 0.3 is 0 Å². The molecule has 0 aliphatic rings. The van der Waals surface area contributed by atoms with Gasteiger partial charge in [0.1, 0.15) is 11.3 Å². The lowest BCUT2D eigenvalue weighted by atomic mass is 10.0. The highest BCUT2D eigenvalue weighted by molar-refractivity contribution is 6.32. The van der Waals surface area contributed by atoms with Crippen LogP contribution in [0.2, 0.25) is 5.02 Å². The Balaban J connectivity index is 3.00. The lowest BCUT2D eigenvalue weighted by Gasteiger charge is -2.35. The van der Waals surface area contributed by atoms with E-state index in [2.05, 4.69) is 9.97 Å². The molecule has 1 aromatic heterocycles. The largest absolute Gasteiger partial charge is 0.352 e. The third kappa shape index (κ3) is 2.13. The van der Waals surface area contributed by atoms with Gasteiger partial charge in [0.05, 0.1) is 6.20 Å². The molecule has 14 heavy (non-hydrogen) atoms. The van der Waals surface area contributed by atoms with E-state index in [1.165, 1.54) is 6.33 Å². The second kappa shape index (κ2) is 4.11. The Kier molecular flexibility index (Phi) is 3.29. The number of anilines is 1. The first-order valence-electron chi connectivity index (χ1n) is 4.38. The van der Waals surface area contributed by atoms with Crippen molar-refractivity contribution in [3.63, 3.8) is 0 Å². The maximum absolute atomic E-state index is 5.97. The molecular weight excluding hydrogens is 200 g/mol. The van der Waals surface area contributed by atoms with E-state index in [-0.39, 0.29) is 5.54 Å². The zero-order valence-electron chi connectivity index (χ0n) is 8.66. The molecule has 0 unspecified atom stereocenters. The summed E-state index contributed by atoms with van der Waals surface area (Å²) in [4.78, 5) is 9.91. The Morgan fingerprint density at radius 3 is 2.71 bits per heavy atom. The van der Waals surface area contributed by atoms with Crippen molar-refractivity contribution in [1.82, 2.24) is 9.97 Å². The monoisotopic (exact) mass is 214 g/mol. The van der Waals surface area contributed by atoms with Crippen LogP contribution in [0.4, 0.5) is 5.82 Å². The molecule has 0 radical (unpaired) electrons. The third-order valence-corrected chi connectivity index (χ3v) is 2.64. The minimum atomic E-state index is -0.169. The van der Waals surface area contributed by atoms with E-state index in [4.69, 9.17) is 17.3 Å². The molecule has 0 aliphatic carbocycles. The van der Waals surface area contributed by atoms with Crippen LogP contribution in [0.15, 0.2) is 12.5 Å². The quantitative estimate of drug-likeness (QED) is 0.824. The van der Waals surface area contributed by atoms with Crippen molar-refractivity contribution in [2.45, 2.75) is 19.4 Å². The van der Waals surface area contributed by atoms with Crippen molar-refractivity contribution in [2.75, 3.05) is 18.5 Å². The fourth-order valence-electron chi connectivity index (χ4n) is 0.977. The molecule has 0 saturated heterocycles. The van der Waals surface area contributed by atoms with Crippen LogP contribution in [-0.2, 0) is 0 Å². The van der Waals surface area contributed by atoms with Crippen LogP contribution >= 0.6 is 11.6 Å². The molecule has 5 heteroatoms. The van der Waals surface area contributed by atoms with Gasteiger partial charge in [0, 0.05) is 19.1 Å². The molecule has 0 spiro atoms. The Hall–Kier alpha value is -0.870. The molecule has 1 rings (SSSR count). The van der Waals surface area contributed by atoms with Gasteiger partial charge in [0.25, 0.3) is 0 Å². The first kappa shape index (κ1) is 11.2. The molecule has 78 valence electrons. The molecule has 0 amide bonds. The number of hydrogen-bond acceptors (Lipinski definition) is 4. The van der Waals surface area contributed by atoms with Crippen LogP contribution < -0.4 is 10.6 Å². The third-order valence-electron chi connectivity index (χ3n) is 2.37. The first-order valence-corrected chi connectivity index (χ1v) is 4.76. The van der Waals surface area contributed by atoms with Crippen molar-refractivity contribution in [3.8, 4) is 0 Å². The summed E-state index contributed by atoms with van der Waals surface area (Å²) in [5.41, 5.74) is 5.50. The summed E-state index contributed by atoms with van der Waals surface area (Å²) >= 11 is 5.97. The van der Waals surface area contributed by atoms with Gasteiger partial charge in [0.2, 0.25) is 0 Å². The standard InChI is InChI=1S/C9H15ClN4/c1-9(2,5-11)14(3)8-7(10)4-12-6-13-8/h4,6H,5,11H2,1-3H3. The molecule has 1 aromatic rings. The number of aromatic nitrogens is 2. The normalized spacial score (nSPS) is 11.5. The van der Waals surface area contributed by atoms with E-state index < -0.39 is 0 Å². The van der Waals surface area contributed by atoms with E-state index in [1.54, 1.807) is 6.20 Å². The predicted octanol–water partition coefficient (Wildman–Crippen LogP) is 1.30. The first-order chi connectivity index (χ1) is 6.49. The predicted molar refractivity (Wildman–Crippen MR) is 58.6 cm³/mol. The maximum atomic E-state index is 5.97. The van der Waals surface area contributed by atoms with E-state index in [0.29, 0.717) is 17.4 Å². The highest BCUT2D eigenvalue weighted by atomic mass is 35.5. The van der Waals surface area contributed by atoms with E-state index in [0.717, 1.165) is 0 Å². The van der Waals surface area contributed by atoms with E-state index >= 15 is 0 Å². The fraction of sp³-hybridized carbons (Fsp3) is 0.556. The molecule has 0 atom stereocenters. The summed E-state index contributed by atoms with van der Waals surface area (Å²) < 4.78 is 0. The smallest absolute Gasteiger partial charge is 0.151 e. The highest BCUT2D eigenvalue weighted by Crippen LogP contribution is 2.25. The second-order valence-corrected chi connectivity index (χ2v) is 4.18. The van der Waals surface area contributed by atoms with Gasteiger partial charge in [-0.25, -0.2) is 9.97 Å². The Morgan fingerprint density at radius 1 is 1.57 bits per heavy atom. The lowest BCUT2D eigenvalue weighted by molar-refractivity contribution is 0.494. The average molecular weight is 215 g/mol. The fourth-order valence-corrected chi connectivity index (χ4v) is 1.21. The molecule has 0 bridgehead atoms. The van der Waals surface area contributed by atoms with Crippen LogP contribution in [0.1, 0.15) is 13.8 Å². The van der Waals surface area contributed by atoms with Crippen molar-refractivity contribution in [2.24, 2.45) is 5.73 Å². The molecule has 4 nitrogen and oxygen atoms in total. The van der Waals surface area contributed by atoms with Gasteiger partial charge < -0.3 is 10.6 Å². The summed E-state index contributed by atoms with van der Waals surface area (Å²) in [6.07, 6.45) is 3.05. The van der Waals surface area contributed by atoms with E-state index in [9.17, 15) is 0 Å². The average Bonchev–Trinajstić information content (AvgIpc) is 2.17. The second-order valence-electron chi connectivity index (χ2n) is 3.77. The number of halogens is 1. The summed E-state index contributed by atoms with van der Waals surface area (Å²) in [6.45, 7) is 4.60. The molecule has 0 aromatic carbocycles. The zero-order chi connectivity index (χ0) is 10.8. The molecular formula is C9H15ClN4. The number of hydrogen-bond donors (Lipinski definition) is 1. The van der Waals surface area contributed by atoms with Gasteiger partial charge in [-0.1, -0.05) is 11.6 Å². The molecule has 1 heterocycles. The number of nitrogens with zero attached hydrogens (tertiary/aromatic N) is 3. The van der Waals surface area contributed by atoms with Gasteiger partial charge in [-0.3, -0.25) is 0 Å². The summed E-state index contributed by atoms with van der Waals surface area (Å²) in [6, 6.07) is 0. The van der Waals surface area contributed by atoms with Crippen LogP contribution in [0.25, 0.3) is 0 Å². The van der Waals surface area contributed by atoms with Crippen molar-refractivity contribution in [1.29, 1.82) is 0 Å². The van der Waals surface area contributed by atoms with Crippen molar-refractivity contribution < 1.29 is 0 Å². The van der Waals surface area contributed by atoms with Crippen molar-refractivity contribution >= 4 is 17.4 Å². The van der Waals surface area contributed by atoms with Crippen LogP contribution in [0.5, 0.6) is 0 Å². The topological polar surface area (TPSA) is 55.0 Å². The molecule has 0 saturated carbocycles. The lowest BCUT2D eigenvalue weighted by Crippen LogP contribution is -2.47. The van der Waals surface area contributed by atoms with E-state index in [1.807, 2.05) is 25.8 Å². The van der Waals surface area contributed by atoms with Gasteiger partial charge in [0.15, 0.2) is 5.82 Å². The number of likely N-dealkylation sites (N-methyl/N-ethyl adjacent to an activating group) is 1. The number of nitrogens with two attached hydrogens (primary N) is 1. The highest BCUT2D eigenvalue weighted by Gasteiger charge is 2.24.